The van der Waals surface area contributed by atoms with Crippen molar-refractivity contribution in [3.63, 3.8) is 0 Å². The van der Waals surface area contributed by atoms with Crippen molar-refractivity contribution in [1.82, 2.24) is 0 Å². The maximum Gasteiger partial charge on any atom is 0.303 e. The summed E-state index contributed by atoms with van der Waals surface area (Å²) in [7, 11) is 0. The number of rotatable bonds is 6. The Morgan fingerprint density at radius 1 is 0.885 bits per heavy atom. The lowest BCUT2D eigenvalue weighted by Crippen LogP contribution is -2.11. The van der Waals surface area contributed by atoms with Crippen molar-refractivity contribution < 1.29 is 23.5 Å². The second kappa shape index (κ2) is 10.7. The lowest BCUT2D eigenvalue weighted by atomic mass is 10.1. The van der Waals surface area contributed by atoms with E-state index in [2.05, 4.69) is 0 Å². The van der Waals surface area contributed by atoms with Gasteiger partial charge in [0.15, 0.2) is 0 Å². The van der Waals surface area contributed by atoms with Gasteiger partial charge in [0.25, 0.3) is 0 Å². The van der Waals surface area contributed by atoms with Gasteiger partial charge in [-0.2, -0.15) is 0 Å². The maximum atomic E-state index is 12.7. The van der Waals surface area contributed by atoms with E-state index in [1.165, 1.54) is 36.4 Å². The number of nitrogens with two attached hydrogens (primary N) is 1. The van der Waals surface area contributed by atoms with Crippen LogP contribution in [0.1, 0.15) is 24.0 Å². The predicted octanol–water partition coefficient (Wildman–Crippen LogP) is 4.39. The maximum absolute atomic E-state index is 12.7. The zero-order valence-corrected chi connectivity index (χ0v) is 15.2. The molecule has 1 amide bonds. The Balaban J connectivity index is 0.000000260. The molecule has 3 N–H and O–H groups in total. The molecule has 2 aromatic rings. The van der Waals surface area contributed by atoms with Gasteiger partial charge in [0, 0.05) is 22.9 Å². The molecule has 0 spiro atoms. The fourth-order valence-electron chi connectivity index (χ4n) is 1.97. The fraction of sp³-hybridized carbons (Fsp3) is 0.222. The number of carbonyl (C=O) groups is 2. The highest BCUT2D eigenvalue weighted by Gasteiger charge is 2.05. The first kappa shape index (κ1) is 21.9. The van der Waals surface area contributed by atoms with Crippen molar-refractivity contribution in [3.8, 4) is 0 Å². The molecule has 0 saturated carbocycles. The van der Waals surface area contributed by atoms with E-state index < -0.39 is 17.7 Å². The average molecular weight is 404 g/mol. The lowest BCUT2D eigenvalue weighted by molar-refractivity contribution is -0.137. The highest BCUT2D eigenvalue weighted by atomic mass is 35.5. The van der Waals surface area contributed by atoms with Crippen LogP contribution < -0.4 is 5.73 Å². The number of amides is 1. The van der Waals surface area contributed by atoms with E-state index in [4.69, 9.17) is 34.0 Å². The summed E-state index contributed by atoms with van der Waals surface area (Å²) < 4.78 is 25.4. The third-order valence-corrected chi connectivity index (χ3v) is 4.00. The minimum absolute atomic E-state index is 0.0385. The monoisotopic (exact) mass is 403 g/mol. The van der Waals surface area contributed by atoms with Crippen molar-refractivity contribution in [1.29, 1.82) is 0 Å². The van der Waals surface area contributed by atoms with Gasteiger partial charge >= 0.3 is 5.97 Å². The van der Waals surface area contributed by atoms with Crippen LogP contribution in [0, 0.1) is 11.6 Å². The molecule has 0 radical (unpaired) electrons. The van der Waals surface area contributed by atoms with Crippen LogP contribution in [0.3, 0.4) is 0 Å². The number of benzene rings is 2. The predicted molar refractivity (Wildman–Crippen MR) is 96.3 cm³/mol. The summed E-state index contributed by atoms with van der Waals surface area (Å²) in [4.78, 5) is 20.7. The Bertz CT molecular complexity index is 720. The minimum Gasteiger partial charge on any atom is -0.481 e. The van der Waals surface area contributed by atoms with E-state index in [-0.39, 0.29) is 25.1 Å². The van der Waals surface area contributed by atoms with E-state index >= 15 is 0 Å². The number of aliphatic carboxylic acids is 1. The van der Waals surface area contributed by atoms with Crippen LogP contribution in [0.5, 0.6) is 0 Å². The summed E-state index contributed by atoms with van der Waals surface area (Å²) in [5, 5.41) is 9.26. The number of halogens is 4. The molecule has 140 valence electrons. The highest BCUT2D eigenvalue weighted by molar-refractivity contribution is 6.31. The van der Waals surface area contributed by atoms with Crippen LogP contribution in [-0.2, 0) is 22.4 Å². The molecule has 0 aromatic heterocycles. The molecule has 26 heavy (non-hydrogen) atoms. The molecular weight excluding hydrogens is 387 g/mol. The van der Waals surface area contributed by atoms with Gasteiger partial charge in [0.05, 0.1) is 0 Å². The number of carboxylic acids is 1. The van der Waals surface area contributed by atoms with Crippen molar-refractivity contribution in [3.05, 3.63) is 69.2 Å². The second-order valence-electron chi connectivity index (χ2n) is 5.33. The first-order valence-electron chi connectivity index (χ1n) is 7.57. The Labute approximate surface area is 159 Å². The zero-order valence-electron chi connectivity index (χ0n) is 13.6. The van der Waals surface area contributed by atoms with Crippen molar-refractivity contribution >= 4 is 35.1 Å². The largest absolute Gasteiger partial charge is 0.481 e. The van der Waals surface area contributed by atoms with Crippen LogP contribution in [0.15, 0.2) is 36.4 Å². The molecule has 0 unspecified atom stereocenters. The molecule has 4 nitrogen and oxygen atoms in total. The highest BCUT2D eigenvalue weighted by Crippen LogP contribution is 2.19. The fourth-order valence-corrected chi connectivity index (χ4v) is 2.39. The van der Waals surface area contributed by atoms with Crippen molar-refractivity contribution in [2.75, 3.05) is 0 Å². The summed E-state index contributed by atoms with van der Waals surface area (Å²) in [6.45, 7) is 0. The average Bonchev–Trinajstić information content (AvgIpc) is 2.57. The molecule has 0 aliphatic rings. The van der Waals surface area contributed by atoms with E-state index in [9.17, 15) is 18.4 Å². The number of carboxylic acid groups (broad SMARTS) is 1. The SMILES string of the molecule is NC(=O)CCc1cc(F)ccc1Cl.O=C(O)CCc1cc(F)ccc1Cl. The van der Waals surface area contributed by atoms with Crippen LogP contribution in [-0.4, -0.2) is 17.0 Å². The molecule has 0 heterocycles. The van der Waals surface area contributed by atoms with E-state index in [1.54, 1.807) is 0 Å². The van der Waals surface area contributed by atoms with Gasteiger partial charge in [0.2, 0.25) is 5.91 Å². The Morgan fingerprint density at radius 3 is 1.69 bits per heavy atom. The van der Waals surface area contributed by atoms with Gasteiger partial charge in [-0.3, -0.25) is 9.59 Å². The van der Waals surface area contributed by atoms with Gasteiger partial charge in [-0.1, -0.05) is 23.2 Å². The number of hydrogen-bond donors (Lipinski definition) is 2. The molecule has 0 aliphatic heterocycles. The van der Waals surface area contributed by atoms with Crippen LogP contribution >= 0.6 is 23.2 Å². The first-order chi connectivity index (χ1) is 12.2. The summed E-state index contributed by atoms with van der Waals surface area (Å²) >= 11 is 11.5. The van der Waals surface area contributed by atoms with Crippen LogP contribution in [0.2, 0.25) is 10.0 Å². The van der Waals surface area contributed by atoms with Crippen molar-refractivity contribution in [2.45, 2.75) is 25.7 Å². The summed E-state index contributed by atoms with van der Waals surface area (Å²) in [5.74, 6) is -2.09. The topological polar surface area (TPSA) is 80.4 Å². The summed E-state index contributed by atoms with van der Waals surface area (Å²) in [6.07, 6.45) is 0.782. The Hall–Kier alpha value is -2.18. The van der Waals surface area contributed by atoms with Gasteiger partial charge in [-0.05, 0) is 60.4 Å². The lowest BCUT2D eigenvalue weighted by Gasteiger charge is -2.01. The second-order valence-corrected chi connectivity index (χ2v) is 6.15. The summed E-state index contributed by atoms with van der Waals surface area (Å²) in [5.41, 5.74) is 6.10. The molecule has 0 bridgehead atoms. The molecular formula is C18H17Cl2F2NO3. The zero-order chi connectivity index (χ0) is 19.7. The Morgan fingerprint density at radius 2 is 1.31 bits per heavy atom. The quantitative estimate of drug-likeness (QED) is 0.749. The van der Waals surface area contributed by atoms with Crippen molar-refractivity contribution in [2.24, 2.45) is 5.73 Å². The third-order valence-electron chi connectivity index (χ3n) is 3.26. The number of primary amides is 1. The van der Waals surface area contributed by atoms with E-state index in [0.29, 0.717) is 27.6 Å². The summed E-state index contributed by atoms with van der Waals surface area (Å²) in [6, 6.07) is 7.97. The van der Waals surface area contributed by atoms with Gasteiger partial charge < -0.3 is 10.8 Å². The van der Waals surface area contributed by atoms with Gasteiger partial charge in [-0.15, -0.1) is 0 Å². The standard InChI is InChI=1S/C9H9ClFNO.C9H8ClFO2/c2*10-8-3-2-7(11)5-6(8)1-4-9(12)13/h2-3,5H,1,4H2,(H2,12,13);2-3,5H,1,4H2,(H,12,13). The number of hydrogen-bond acceptors (Lipinski definition) is 2. The van der Waals surface area contributed by atoms with Gasteiger partial charge in [-0.25, -0.2) is 8.78 Å². The minimum atomic E-state index is -0.916. The normalized spacial score (nSPS) is 10.0. The van der Waals surface area contributed by atoms with Gasteiger partial charge in [0.1, 0.15) is 11.6 Å². The molecule has 2 aromatic carbocycles. The Kier molecular flexibility index (Phi) is 9.02. The molecule has 0 aliphatic carbocycles. The van der Waals surface area contributed by atoms with E-state index in [0.717, 1.165) is 0 Å². The molecule has 0 fully saturated rings. The smallest absolute Gasteiger partial charge is 0.303 e. The third kappa shape index (κ3) is 8.27. The molecule has 2 rings (SSSR count). The number of carbonyl (C=O) groups excluding carboxylic acids is 1. The molecule has 8 heteroatoms. The molecule has 0 saturated heterocycles. The molecule has 0 atom stereocenters. The number of aryl methyl sites for hydroxylation is 2. The first-order valence-corrected chi connectivity index (χ1v) is 8.32. The van der Waals surface area contributed by atoms with E-state index in [1.807, 2.05) is 0 Å². The van der Waals surface area contributed by atoms with Crippen LogP contribution in [0.25, 0.3) is 0 Å². The van der Waals surface area contributed by atoms with Crippen LogP contribution in [0.4, 0.5) is 8.78 Å².